The maximum Gasteiger partial charge on any atom is 0.242 e. The van der Waals surface area contributed by atoms with E-state index in [2.05, 4.69) is 21.2 Å². The van der Waals surface area contributed by atoms with Gasteiger partial charge in [0, 0.05) is 26.6 Å². The Morgan fingerprint density at radius 1 is 1.10 bits per heavy atom. The van der Waals surface area contributed by atoms with Crippen molar-refractivity contribution in [3.8, 4) is 0 Å². The van der Waals surface area contributed by atoms with Gasteiger partial charge in [0.1, 0.15) is 6.04 Å². The lowest BCUT2D eigenvalue weighted by atomic mass is 10.1. The molecule has 0 aromatic heterocycles. The molecule has 0 unspecified atom stereocenters. The summed E-state index contributed by atoms with van der Waals surface area (Å²) in [5.41, 5.74) is 1.21. The number of benzene rings is 2. The molecule has 156 valence electrons. The summed E-state index contributed by atoms with van der Waals surface area (Å²) < 4.78 is 0.950. The fourth-order valence-corrected chi connectivity index (χ4v) is 3.51. The van der Waals surface area contributed by atoms with Crippen LogP contribution in [0.3, 0.4) is 0 Å². The second-order valence-electron chi connectivity index (χ2n) is 7.98. The van der Waals surface area contributed by atoms with E-state index in [0.717, 1.165) is 10.0 Å². The molecule has 2 aromatic rings. The maximum absolute atomic E-state index is 13.2. The van der Waals surface area contributed by atoms with E-state index in [1.165, 1.54) is 0 Å². The van der Waals surface area contributed by atoms with Crippen molar-refractivity contribution in [1.29, 1.82) is 0 Å². The topological polar surface area (TPSA) is 49.4 Å². The number of carbonyl (C=O) groups is 2. The van der Waals surface area contributed by atoms with Crippen LogP contribution < -0.4 is 5.32 Å². The van der Waals surface area contributed by atoms with Crippen LogP contribution in [-0.2, 0) is 22.6 Å². The Bertz CT molecular complexity index is 879. The molecule has 2 aromatic carbocycles. The van der Waals surface area contributed by atoms with Crippen molar-refractivity contribution in [2.24, 2.45) is 0 Å². The first-order valence-corrected chi connectivity index (χ1v) is 10.8. The maximum atomic E-state index is 13.2. The zero-order chi connectivity index (χ0) is 21.8. The molecule has 7 heteroatoms. The first-order chi connectivity index (χ1) is 13.5. The van der Waals surface area contributed by atoms with Crippen LogP contribution >= 0.6 is 39.1 Å². The lowest BCUT2D eigenvalue weighted by Gasteiger charge is -2.31. The largest absolute Gasteiger partial charge is 0.350 e. The summed E-state index contributed by atoms with van der Waals surface area (Å²) in [6.45, 7) is 7.78. The molecular formula is C22H25BrCl2N2O2. The highest BCUT2D eigenvalue weighted by Crippen LogP contribution is 2.23. The number of nitrogens with one attached hydrogen (secondary N) is 1. The molecule has 1 N–H and O–H groups in total. The Labute approximate surface area is 190 Å². The van der Waals surface area contributed by atoms with Crippen molar-refractivity contribution < 1.29 is 9.59 Å². The third-order valence-electron chi connectivity index (χ3n) is 4.29. The van der Waals surface area contributed by atoms with Gasteiger partial charge in [-0.15, -0.1) is 0 Å². The monoisotopic (exact) mass is 498 g/mol. The summed E-state index contributed by atoms with van der Waals surface area (Å²) in [5.74, 6) is -0.390. The minimum Gasteiger partial charge on any atom is -0.350 e. The van der Waals surface area contributed by atoms with Crippen LogP contribution in [0.25, 0.3) is 0 Å². The van der Waals surface area contributed by atoms with E-state index in [4.69, 9.17) is 23.2 Å². The van der Waals surface area contributed by atoms with E-state index in [1.54, 1.807) is 30.0 Å². The number of amides is 2. The van der Waals surface area contributed by atoms with Crippen molar-refractivity contribution >= 4 is 50.9 Å². The second-order valence-corrected chi connectivity index (χ2v) is 9.74. The predicted molar refractivity (Wildman–Crippen MR) is 122 cm³/mol. The van der Waals surface area contributed by atoms with Crippen LogP contribution in [0.5, 0.6) is 0 Å². The first-order valence-electron chi connectivity index (χ1n) is 9.26. The van der Waals surface area contributed by atoms with Gasteiger partial charge in [-0.1, -0.05) is 57.3 Å². The van der Waals surface area contributed by atoms with Crippen LogP contribution in [-0.4, -0.2) is 28.3 Å². The van der Waals surface area contributed by atoms with E-state index >= 15 is 0 Å². The van der Waals surface area contributed by atoms with Gasteiger partial charge < -0.3 is 10.2 Å². The summed E-state index contributed by atoms with van der Waals surface area (Å²) in [4.78, 5) is 27.5. The zero-order valence-electron chi connectivity index (χ0n) is 16.9. The van der Waals surface area contributed by atoms with Crippen molar-refractivity contribution in [2.75, 3.05) is 0 Å². The predicted octanol–water partition coefficient (Wildman–Crippen LogP) is 5.63. The molecule has 4 nitrogen and oxygen atoms in total. The summed E-state index contributed by atoms with van der Waals surface area (Å²) in [6.07, 6.45) is 0.0830. The minimum absolute atomic E-state index is 0.0830. The molecule has 0 aliphatic heterocycles. The van der Waals surface area contributed by atoms with Crippen LogP contribution in [0, 0.1) is 0 Å². The summed E-state index contributed by atoms with van der Waals surface area (Å²) in [7, 11) is 0. The Kier molecular flexibility index (Phi) is 8.15. The van der Waals surface area contributed by atoms with Gasteiger partial charge >= 0.3 is 0 Å². The molecule has 2 rings (SSSR count). The van der Waals surface area contributed by atoms with Gasteiger partial charge in [0.15, 0.2) is 0 Å². The Morgan fingerprint density at radius 2 is 1.72 bits per heavy atom. The van der Waals surface area contributed by atoms with Gasteiger partial charge in [0.25, 0.3) is 0 Å². The summed E-state index contributed by atoms with van der Waals surface area (Å²) >= 11 is 15.6. The lowest BCUT2D eigenvalue weighted by molar-refractivity contribution is -0.140. The molecular weight excluding hydrogens is 475 g/mol. The molecule has 0 aliphatic rings. The van der Waals surface area contributed by atoms with E-state index in [9.17, 15) is 9.59 Å². The third-order valence-corrected chi connectivity index (χ3v) is 5.40. The smallest absolute Gasteiger partial charge is 0.242 e. The normalized spacial score (nSPS) is 12.4. The molecule has 1 atom stereocenters. The van der Waals surface area contributed by atoms with Crippen LogP contribution in [0.15, 0.2) is 46.9 Å². The van der Waals surface area contributed by atoms with E-state index in [1.807, 2.05) is 45.0 Å². The van der Waals surface area contributed by atoms with E-state index in [0.29, 0.717) is 22.2 Å². The second kappa shape index (κ2) is 9.96. The molecule has 29 heavy (non-hydrogen) atoms. The quantitative estimate of drug-likeness (QED) is 0.559. The standard InChI is InChI=1S/C22H25BrCl2N2O2/c1-14(21(29)26-22(2,3)4)27(13-15-5-8-17(23)9-6-15)20(28)11-16-7-10-18(24)12-19(16)25/h5-10,12,14H,11,13H2,1-4H3,(H,26,29)/t14-/m0/s1. The highest BCUT2D eigenvalue weighted by Gasteiger charge is 2.28. The van der Waals surface area contributed by atoms with Crippen LogP contribution in [0.1, 0.15) is 38.8 Å². The van der Waals surface area contributed by atoms with E-state index < -0.39 is 11.6 Å². The van der Waals surface area contributed by atoms with Crippen LogP contribution in [0.4, 0.5) is 0 Å². The van der Waals surface area contributed by atoms with E-state index in [-0.39, 0.29) is 18.2 Å². The van der Waals surface area contributed by atoms with Gasteiger partial charge in [-0.2, -0.15) is 0 Å². The molecule has 2 amide bonds. The molecule has 0 saturated heterocycles. The molecule has 0 aliphatic carbocycles. The summed E-state index contributed by atoms with van der Waals surface area (Å²) in [5, 5.41) is 3.89. The van der Waals surface area contributed by atoms with Gasteiger partial charge in [-0.05, 0) is 63.1 Å². The van der Waals surface area contributed by atoms with Gasteiger partial charge in [-0.3, -0.25) is 9.59 Å². The van der Waals surface area contributed by atoms with Gasteiger partial charge in [-0.25, -0.2) is 0 Å². The molecule has 0 spiro atoms. The molecule has 0 fully saturated rings. The number of rotatable bonds is 6. The number of hydrogen-bond donors (Lipinski definition) is 1. The Morgan fingerprint density at radius 3 is 2.28 bits per heavy atom. The molecule has 0 radical (unpaired) electrons. The number of halogens is 3. The fourth-order valence-electron chi connectivity index (χ4n) is 2.77. The molecule has 0 saturated carbocycles. The SMILES string of the molecule is C[C@@H](C(=O)NC(C)(C)C)N(Cc1ccc(Br)cc1)C(=O)Cc1ccc(Cl)cc1Cl. The summed E-state index contributed by atoms with van der Waals surface area (Å²) in [6, 6.07) is 12.1. The Hall–Kier alpha value is -1.56. The van der Waals surface area contributed by atoms with Crippen molar-refractivity contribution in [3.05, 3.63) is 68.1 Å². The highest BCUT2D eigenvalue weighted by atomic mass is 79.9. The number of hydrogen-bond acceptors (Lipinski definition) is 2. The number of carbonyl (C=O) groups excluding carboxylic acids is 2. The van der Waals surface area contributed by atoms with Gasteiger partial charge in [0.2, 0.25) is 11.8 Å². The van der Waals surface area contributed by atoms with Crippen molar-refractivity contribution in [3.63, 3.8) is 0 Å². The molecule has 0 heterocycles. The van der Waals surface area contributed by atoms with Crippen molar-refractivity contribution in [1.82, 2.24) is 10.2 Å². The van der Waals surface area contributed by atoms with Gasteiger partial charge in [0.05, 0.1) is 6.42 Å². The lowest BCUT2D eigenvalue weighted by Crippen LogP contribution is -2.52. The van der Waals surface area contributed by atoms with Crippen LogP contribution in [0.2, 0.25) is 10.0 Å². The average Bonchev–Trinajstić information content (AvgIpc) is 2.61. The zero-order valence-corrected chi connectivity index (χ0v) is 20.0. The highest BCUT2D eigenvalue weighted by molar-refractivity contribution is 9.10. The first kappa shape index (κ1) is 23.7. The average molecular weight is 500 g/mol. The molecule has 0 bridgehead atoms. The van der Waals surface area contributed by atoms with Crippen molar-refractivity contribution in [2.45, 2.75) is 52.2 Å². The minimum atomic E-state index is -0.642. The fraction of sp³-hybridized carbons (Fsp3) is 0.364. The Balaban J connectivity index is 2.27. The third kappa shape index (κ3) is 7.32. The number of nitrogens with zero attached hydrogens (tertiary/aromatic N) is 1.